The molecule has 1 N–H and O–H groups in total. The molecule has 6 heteroatoms. The van der Waals surface area contributed by atoms with Gasteiger partial charge in [-0.2, -0.15) is 5.10 Å². The average molecular weight is 500 g/mol. The van der Waals surface area contributed by atoms with Gasteiger partial charge in [0.2, 0.25) is 0 Å². The van der Waals surface area contributed by atoms with Gasteiger partial charge in [0.1, 0.15) is 5.75 Å². The fourth-order valence-electron chi connectivity index (χ4n) is 4.17. The van der Waals surface area contributed by atoms with Gasteiger partial charge in [-0.1, -0.05) is 54.6 Å². The Balaban J connectivity index is 1.27. The van der Waals surface area contributed by atoms with Gasteiger partial charge in [-0.05, 0) is 63.5 Å². The summed E-state index contributed by atoms with van der Waals surface area (Å²) in [7, 11) is 0. The topological polar surface area (TPSA) is 55.6 Å². The maximum atomic E-state index is 12.2. The van der Waals surface area contributed by atoms with Gasteiger partial charge >= 0.3 is 0 Å². The van der Waals surface area contributed by atoms with E-state index in [1.807, 2.05) is 42.5 Å². The summed E-state index contributed by atoms with van der Waals surface area (Å²) in [5.74, 6) is 0.292. The van der Waals surface area contributed by atoms with E-state index in [0.717, 1.165) is 27.4 Å². The molecule has 0 aliphatic carbocycles. The molecular weight excluding hydrogens is 478 g/mol. The van der Waals surface area contributed by atoms with Gasteiger partial charge in [0.15, 0.2) is 6.61 Å². The number of rotatable bonds is 6. The van der Waals surface area contributed by atoms with Crippen LogP contribution < -0.4 is 10.2 Å². The second-order valence-electron chi connectivity index (χ2n) is 7.72. The first-order chi connectivity index (χ1) is 16.2. The molecule has 0 spiro atoms. The third-order valence-electron chi connectivity index (χ3n) is 5.70. The number of nitrogens with one attached hydrogen (secondary N) is 1. The molecule has 0 saturated carbocycles. The van der Waals surface area contributed by atoms with Crippen molar-refractivity contribution in [1.29, 1.82) is 0 Å². The SMILES string of the molecule is CCn1c2ccccc2c2cc(C=NNC(=O)COc3ccc4ccccc4c3Br)ccc21. The summed E-state index contributed by atoms with van der Waals surface area (Å²) in [6.45, 7) is 2.92. The van der Waals surface area contributed by atoms with Gasteiger partial charge in [0, 0.05) is 28.4 Å². The second kappa shape index (κ2) is 9.08. The Hall–Kier alpha value is -3.64. The first-order valence-corrected chi connectivity index (χ1v) is 11.6. The minimum absolute atomic E-state index is 0.128. The summed E-state index contributed by atoms with van der Waals surface area (Å²) in [4.78, 5) is 12.2. The number of ether oxygens (including phenoxy) is 1. The largest absolute Gasteiger partial charge is 0.483 e. The number of para-hydroxylation sites is 1. The van der Waals surface area contributed by atoms with Crippen LogP contribution in [-0.4, -0.2) is 23.3 Å². The lowest BCUT2D eigenvalue weighted by Crippen LogP contribution is -2.24. The van der Waals surface area contributed by atoms with E-state index in [0.29, 0.717) is 5.75 Å². The molecule has 0 fully saturated rings. The highest BCUT2D eigenvalue weighted by Crippen LogP contribution is 2.33. The van der Waals surface area contributed by atoms with Crippen LogP contribution in [0.1, 0.15) is 12.5 Å². The number of halogens is 1. The van der Waals surface area contributed by atoms with Crippen molar-refractivity contribution in [3.8, 4) is 5.75 Å². The van der Waals surface area contributed by atoms with Crippen molar-refractivity contribution in [2.75, 3.05) is 6.61 Å². The van der Waals surface area contributed by atoms with Crippen molar-refractivity contribution in [2.45, 2.75) is 13.5 Å². The minimum Gasteiger partial charge on any atom is -0.483 e. The Morgan fingerprint density at radius 1 is 0.970 bits per heavy atom. The van der Waals surface area contributed by atoms with Crippen LogP contribution in [0.4, 0.5) is 0 Å². The average Bonchev–Trinajstić information content (AvgIpc) is 3.17. The van der Waals surface area contributed by atoms with Gasteiger partial charge in [0.25, 0.3) is 5.91 Å². The molecule has 0 radical (unpaired) electrons. The molecule has 164 valence electrons. The zero-order chi connectivity index (χ0) is 22.8. The van der Waals surface area contributed by atoms with Crippen LogP contribution in [0.5, 0.6) is 5.75 Å². The van der Waals surface area contributed by atoms with E-state index >= 15 is 0 Å². The van der Waals surface area contributed by atoms with Crippen molar-refractivity contribution in [3.63, 3.8) is 0 Å². The number of carbonyl (C=O) groups is 1. The van der Waals surface area contributed by atoms with Crippen LogP contribution in [0.15, 0.2) is 88.4 Å². The molecule has 5 nitrogen and oxygen atoms in total. The maximum absolute atomic E-state index is 12.2. The lowest BCUT2D eigenvalue weighted by Gasteiger charge is -2.09. The van der Waals surface area contributed by atoms with Crippen molar-refractivity contribution in [3.05, 3.63) is 88.9 Å². The summed E-state index contributed by atoms with van der Waals surface area (Å²) in [5.41, 5.74) is 5.87. The molecule has 0 unspecified atom stereocenters. The number of nitrogens with zero attached hydrogens (tertiary/aromatic N) is 2. The molecule has 0 aliphatic rings. The number of aryl methyl sites for hydroxylation is 1. The number of hydrogen-bond donors (Lipinski definition) is 1. The quantitative estimate of drug-likeness (QED) is 0.221. The predicted octanol–water partition coefficient (Wildman–Crippen LogP) is 6.26. The number of amides is 1. The normalized spacial score (nSPS) is 11.6. The van der Waals surface area contributed by atoms with Crippen LogP contribution in [0.25, 0.3) is 32.6 Å². The summed E-state index contributed by atoms with van der Waals surface area (Å²) >= 11 is 3.57. The van der Waals surface area contributed by atoms with Gasteiger partial charge in [-0.3, -0.25) is 4.79 Å². The Morgan fingerprint density at radius 2 is 1.73 bits per heavy atom. The molecule has 0 saturated heterocycles. The molecule has 0 atom stereocenters. The monoisotopic (exact) mass is 499 g/mol. The third kappa shape index (κ3) is 4.10. The fourth-order valence-corrected chi connectivity index (χ4v) is 4.78. The van der Waals surface area contributed by atoms with Crippen LogP contribution in [-0.2, 0) is 11.3 Å². The highest BCUT2D eigenvalue weighted by atomic mass is 79.9. The molecule has 5 rings (SSSR count). The number of benzene rings is 4. The van der Waals surface area contributed by atoms with E-state index in [1.54, 1.807) is 6.21 Å². The smallest absolute Gasteiger partial charge is 0.277 e. The molecule has 33 heavy (non-hydrogen) atoms. The van der Waals surface area contributed by atoms with Crippen molar-refractivity contribution in [1.82, 2.24) is 9.99 Å². The maximum Gasteiger partial charge on any atom is 0.277 e. The molecule has 0 bridgehead atoms. The number of carbonyl (C=O) groups excluding carboxylic acids is 1. The second-order valence-corrected chi connectivity index (χ2v) is 8.51. The first-order valence-electron chi connectivity index (χ1n) is 10.8. The van der Waals surface area contributed by atoms with E-state index in [4.69, 9.17) is 4.74 Å². The summed E-state index contributed by atoms with van der Waals surface area (Å²) < 4.78 is 8.83. The lowest BCUT2D eigenvalue weighted by molar-refractivity contribution is -0.123. The first kappa shape index (κ1) is 21.2. The van der Waals surface area contributed by atoms with E-state index in [-0.39, 0.29) is 12.5 Å². The molecule has 1 amide bonds. The summed E-state index contributed by atoms with van der Waals surface area (Å²) in [5, 5.41) is 8.64. The number of fused-ring (bicyclic) bond motifs is 4. The van der Waals surface area contributed by atoms with Crippen molar-refractivity contribution < 1.29 is 9.53 Å². The Bertz CT molecular complexity index is 1520. The van der Waals surface area contributed by atoms with E-state index in [2.05, 4.69) is 74.3 Å². The minimum atomic E-state index is -0.324. The lowest BCUT2D eigenvalue weighted by atomic mass is 10.1. The van der Waals surface area contributed by atoms with E-state index < -0.39 is 0 Å². The zero-order valence-electron chi connectivity index (χ0n) is 18.1. The third-order valence-corrected chi connectivity index (χ3v) is 6.52. The molecule has 5 aromatic rings. The molecule has 4 aromatic carbocycles. The number of hydrazone groups is 1. The molecule has 1 aromatic heterocycles. The zero-order valence-corrected chi connectivity index (χ0v) is 19.7. The van der Waals surface area contributed by atoms with Gasteiger partial charge in [-0.15, -0.1) is 0 Å². The van der Waals surface area contributed by atoms with Crippen molar-refractivity contribution >= 4 is 60.6 Å². The highest BCUT2D eigenvalue weighted by molar-refractivity contribution is 9.10. The predicted molar refractivity (Wildman–Crippen MR) is 138 cm³/mol. The number of hydrogen-bond acceptors (Lipinski definition) is 3. The number of aromatic nitrogens is 1. The van der Waals surface area contributed by atoms with Gasteiger partial charge in [-0.25, -0.2) is 5.43 Å². The van der Waals surface area contributed by atoms with Crippen LogP contribution in [0.2, 0.25) is 0 Å². The van der Waals surface area contributed by atoms with Gasteiger partial charge < -0.3 is 9.30 Å². The summed E-state index contributed by atoms with van der Waals surface area (Å²) in [6.07, 6.45) is 1.65. The Labute approximate surface area is 199 Å². The Morgan fingerprint density at radius 3 is 2.58 bits per heavy atom. The van der Waals surface area contributed by atoms with E-state index in [9.17, 15) is 4.79 Å². The van der Waals surface area contributed by atoms with E-state index in [1.165, 1.54) is 21.8 Å². The fraction of sp³-hybridized carbons (Fsp3) is 0.111. The van der Waals surface area contributed by atoms with Crippen LogP contribution in [0, 0.1) is 0 Å². The molecular formula is C27H22BrN3O2. The van der Waals surface area contributed by atoms with Crippen LogP contribution >= 0.6 is 15.9 Å². The van der Waals surface area contributed by atoms with Crippen LogP contribution in [0.3, 0.4) is 0 Å². The van der Waals surface area contributed by atoms with Gasteiger partial charge in [0.05, 0.1) is 10.7 Å². The van der Waals surface area contributed by atoms with Crippen molar-refractivity contribution in [2.24, 2.45) is 5.10 Å². The summed E-state index contributed by atoms with van der Waals surface area (Å²) in [6, 6.07) is 26.4. The Kier molecular flexibility index (Phi) is 5.84. The highest BCUT2D eigenvalue weighted by Gasteiger charge is 2.10. The molecule has 0 aliphatic heterocycles. The standard InChI is InChI=1S/C27H22BrN3O2/c1-2-31-23-10-6-5-9-21(23)22-15-18(11-13-24(22)31)16-29-30-26(32)17-33-25-14-12-19-7-3-4-8-20(19)27(25)28/h3-16H,2,17H2,1H3,(H,30,32). The molecule has 1 heterocycles.